The number of ether oxygens (including phenoxy) is 2. The maximum atomic E-state index is 13.2. The van der Waals surface area contributed by atoms with Crippen LogP contribution in [0.3, 0.4) is 0 Å². The van der Waals surface area contributed by atoms with Gasteiger partial charge in [-0.05, 0) is 87.6 Å². The van der Waals surface area contributed by atoms with Crippen molar-refractivity contribution in [2.45, 2.75) is 115 Å². The largest absolute Gasteiger partial charge is 0.468 e. The Labute approximate surface area is 219 Å². The van der Waals surface area contributed by atoms with E-state index in [9.17, 15) is 4.79 Å². The van der Waals surface area contributed by atoms with Crippen molar-refractivity contribution < 1.29 is 23.1 Å². The van der Waals surface area contributed by atoms with Crippen LogP contribution >= 0.6 is 0 Å². The first-order chi connectivity index (χ1) is 16.4. The van der Waals surface area contributed by atoms with Crippen molar-refractivity contribution in [3.8, 4) is 0 Å². The molecule has 2 aliphatic heterocycles. The van der Waals surface area contributed by atoms with E-state index in [2.05, 4.69) is 78.3 Å². The van der Waals surface area contributed by atoms with Crippen molar-refractivity contribution in [2.24, 2.45) is 16.7 Å². The first kappa shape index (κ1) is 26.6. The molecule has 2 saturated carbocycles. The molecule has 7 atom stereocenters. The average Bonchev–Trinajstić information content (AvgIpc) is 3.33. The molecule has 0 N–H and O–H groups in total. The van der Waals surface area contributed by atoms with Gasteiger partial charge in [0.05, 0.1) is 24.9 Å². The highest BCUT2D eigenvalue weighted by Gasteiger charge is 2.75. The zero-order chi connectivity index (χ0) is 26.7. The Balaban J connectivity index is 1.65. The average molecular weight is 531 g/mol. The maximum absolute atomic E-state index is 13.2. The van der Waals surface area contributed by atoms with Gasteiger partial charge in [-0.3, -0.25) is 4.79 Å². The molecule has 2 heterocycles. The first-order valence-corrected chi connectivity index (χ1v) is 19.9. The molecule has 36 heavy (non-hydrogen) atoms. The Morgan fingerprint density at radius 2 is 1.86 bits per heavy atom. The second-order valence-corrected chi connectivity index (χ2v) is 23.9. The molecular weight excluding hydrogens is 484 g/mol. The zero-order valence-electron chi connectivity index (χ0n) is 24.0. The molecule has 0 aromatic carbocycles. The fourth-order valence-corrected chi connectivity index (χ4v) is 10.5. The topological polar surface area (TPSA) is 54.0 Å². The Bertz CT molecular complexity index is 1060. The first-order valence-electron chi connectivity index (χ1n) is 13.6. The predicted molar refractivity (Wildman–Crippen MR) is 148 cm³/mol. The molecule has 2 spiro atoms. The van der Waals surface area contributed by atoms with E-state index in [4.69, 9.17) is 18.3 Å². The highest BCUT2D eigenvalue weighted by atomic mass is 28.4. The van der Waals surface area contributed by atoms with E-state index < -0.39 is 27.7 Å². The third kappa shape index (κ3) is 3.31. The molecule has 0 aromatic heterocycles. The van der Waals surface area contributed by atoms with Gasteiger partial charge in [0.1, 0.15) is 11.0 Å². The number of fused-ring (bicyclic) bond motifs is 2. The number of hydrogen-bond donors (Lipinski definition) is 0. The van der Waals surface area contributed by atoms with E-state index in [0.29, 0.717) is 0 Å². The van der Waals surface area contributed by atoms with Crippen LogP contribution in [0, 0.1) is 16.7 Å². The summed E-state index contributed by atoms with van der Waals surface area (Å²) in [5.74, 6) is -0.0237. The van der Waals surface area contributed by atoms with Gasteiger partial charge in [-0.25, -0.2) is 0 Å². The van der Waals surface area contributed by atoms with Crippen molar-refractivity contribution in [3.63, 3.8) is 0 Å². The van der Waals surface area contributed by atoms with E-state index >= 15 is 0 Å². The molecular formula is C29H46O5Si2. The number of carbonyl (C=O) groups is 1. The summed E-state index contributed by atoms with van der Waals surface area (Å²) < 4.78 is 26.5. The molecule has 0 radical (unpaired) electrons. The number of hydrogen-bond acceptors (Lipinski definition) is 5. The van der Waals surface area contributed by atoms with E-state index in [0.717, 1.165) is 31.3 Å². The minimum atomic E-state index is -2.03. The van der Waals surface area contributed by atoms with Crippen LogP contribution in [-0.4, -0.2) is 53.1 Å². The van der Waals surface area contributed by atoms with Crippen molar-refractivity contribution in [2.75, 3.05) is 7.11 Å². The Hall–Kier alpha value is -0.996. The van der Waals surface area contributed by atoms with Gasteiger partial charge >= 0.3 is 5.97 Å². The molecule has 3 aliphatic carbocycles. The molecule has 0 amide bonds. The summed E-state index contributed by atoms with van der Waals surface area (Å²) in [6, 6.07) is 0. The van der Waals surface area contributed by atoms with Crippen LogP contribution in [0.25, 0.3) is 0 Å². The lowest BCUT2D eigenvalue weighted by Crippen LogP contribution is -2.61. The fraction of sp³-hybridized carbons (Fsp3) is 0.759. The van der Waals surface area contributed by atoms with Crippen LogP contribution in [0.5, 0.6) is 0 Å². The highest BCUT2D eigenvalue weighted by molar-refractivity contribution is 6.74. The predicted octanol–water partition coefficient (Wildman–Crippen LogP) is 6.54. The third-order valence-corrected chi connectivity index (χ3v) is 15.9. The summed E-state index contributed by atoms with van der Waals surface area (Å²) >= 11 is 0. The summed E-state index contributed by atoms with van der Waals surface area (Å²) in [6.45, 7) is 25.1. The number of methoxy groups -OCH3 is 1. The monoisotopic (exact) mass is 530 g/mol. The standard InChI is InChI=1S/C29H46O5Si2/c1-19-17-27-18-28(19,34-36(10,11)25(2,3)4)14-12-20(27)29-15-13-22(32-29)26(5,24(30)31-6)21(29)16-23(27)33-35(7,8)9/h13,15-16,20,22-23H,1,12,14,17-18H2,2-11H3/t20-,22+,23+,26+,27+,28+,29+/m1/s1. The molecule has 0 unspecified atom stereocenters. The normalized spacial score (nSPS) is 43.3. The lowest BCUT2D eigenvalue weighted by Gasteiger charge is -2.58. The minimum Gasteiger partial charge on any atom is -0.468 e. The van der Waals surface area contributed by atoms with E-state index in [1.54, 1.807) is 0 Å². The van der Waals surface area contributed by atoms with Gasteiger partial charge in [-0.15, -0.1) is 0 Å². The van der Waals surface area contributed by atoms with Crippen LogP contribution in [0.15, 0.2) is 36.0 Å². The van der Waals surface area contributed by atoms with Gasteiger partial charge in [0.2, 0.25) is 0 Å². The van der Waals surface area contributed by atoms with Crippen molar-refractivity contribution >= 4 is 22.6 Å². The summed E-state index contributed by atoms with van der Waals surface area (Å²) in [5, 5.41) is 0.124. The lowest BCUT2D eigenvalue weighted by molar-refractivity contribution is -0.152. The Kier molecular flexibility index (Phi) is 5.59. The highest BCUT2D eigenvalue weighted by Crippen LogP contribution is 2.73. The summed E-state index contributed by atoms with van der Waals surface area (Å²) in [4.78, 5) is 13.2. The van der Waals surface area contributed by atoms with Gasteiger partial charge < -0.3 is 18.3 Å². The second kappa shape index (κ2) is 7.56. The van der Waals surface area contributed by atoms with E-state index in [1.807, 2.05) is 6.92 Å². The number of esters is 1. The zero-order valence-corrected chi connectivity index (χ0v) is 26.0. The molecule has 7 heteroatoms. The van der Waals surface area contributed by atoms with Crippen LogP contribution < -0.4 is 0 Å². The van der Waals surface area contributed by atoms with Crippen LogP contribution in [-0.2, 0) is 23.1 Å². The molecule has 5 rings (SSSR count). The van der Waals surface area contributed by atoms with Gasteiger partial charge in [0.25, 0.3) is 0 Å². The number of carbonyl (C=O) groups excluding carboxylic acids is 1. The quantitative estimate of drug-likeness (QED) is 0.229. The third-order valence-electron chi connectivity index (χ3n) is 10.5. The maximum Gasteiger partial charge on any atom is 0.318 e. The smallest absolute Gasteiger partial charge is 0.318 e. The molecule has 5 aliphatic rings. The van der Waals surface area contributed by atoms with Gasteiger partial charge in [0.15, 0.2) is 16.6 Å². The molecule has 1 saturated heterocycles. The van der Waals surface area contributed by atoms with Crippen molar-refractivity contribution in [1.82, 2.24) is 0 Å². The molecule has 4 bridgehead atoms. The number of rotatable bonds is 5. The van der Waals surface area contributed by atoms with Crippen molar-refractivity contribution in [3.05, 3.63) is 36.0 Å². The van der Waals surface area contributed by atoms with Gasteiger partial charge in [-0.2, -0.15) is 0 Å². The second-order valence-electron chi connectivity index (χ2n) is 14.8. The summed E-state index contributed by atoms with van der Waals surface area (Å²) in [7, 11) is -2.47. The Morgan fingerprint density at radius 1 is 1.19 bits per heavy atom. The lowest BCUT2D eigenvalue weighted by atomic mass is 9.50. The van der Waals surface area contributed by atoms with Crippen LogP contribution in [0.2, 0.25) is 37.8 Å². The Morgan fingerprint density at radius 3 is 2.44 bits per heavy atom. The van der Waals surface area contributed by atoms with Crippen molar-refractivity contribution in [1.29, 1.82) is 0 Å². The fourth-order valence-electron chi connectivity index (χ4n) is 7.81. The van der Waals surface area contributed by atoms with Crippen LogP contribution in [0.1, 0.15) is 53.4 Å². The summed E-state index contributed by atoms with van der Waals surface area (Å²) in [5.41, 5.74) is 0.383. The van der Waals surface area contributed by atoms with Gasteiger partial charge in [-0.1, -0.05) is 39.5 Å². The van der Waals surface area contributed by atoms with Gasteiger partial charge in [0, 0.05) is 11.3 Å². The van der Waals surface area contributed by atoms with E-state index in [1.165, 1.54) is 12.7 Å². The molecule has 200 valence electrons. The minimum absolute atomic E-state index is 0.0999. The SMILES string of the molecule is C=C1C[C@]23C[C@@]1(O[Si](C)(C)C(C)(C)C)CC[C@H]2[C@]12C=C[C@H](O1)[C@@](C)(C(=O)OC)C2=C[C@@H]3O[Si](C)(C)C. The molecule has 5 nitrogen and oxygen atoms in total. The summed E-state index contributed by atoms with van der Waals surface area (Å²) in [6.07, 6.45) is 9.90. The molecule has 3 fully saturated rings. The molecule has 0 aromatic rings. The van der Waals surface area contributed by atoms with Crippen LogP contribution in [0.4, 0.5) is 0 Å². The van der Waals surface area contributed by atoms with E-state index in [-0.39, 0.29) is 40.1 Å².